The molecule has 4 aromatic rings. The lowest BCUT2D eigenvalue weighted by Crippen LogP contribution is -2.44. The zero-order chi connectivity index (χ0) is 29.0. The van der Waals surface area contributed by atoms with Crippen LogP contribution in [-0.2, 0) is 29.9 Å². The molecule has 2 aromatic heterocycles. The Kier molecular flexibility index (Phi) is 8.14. The molecule has 3 heterocycles. The monoisotopic (exact) mass is 555 g/mol. The highest BCUT2D eigenvalue weighted by atomic mass is 16.5. The fourth-order valence-corrected chi connectivity index (χ4v) is 5.16. The van der Waals surface area contributed by atoms with Crippen molar-refractivity contribution in [3.05, 3.63) is 112 Å². The number of carbonyl (C=O) groups excluding carboxylic acids is 1. The first kappa shape index (κ1) is 28.0. The SMILES string of the molecule is COc1cccn(-c2ccc3c(c2)[C@](O)([C@@H](C)/C=C/CCn2cc(CCO)nn2)C(=O)N3Cc2ccccc2)c1=O. The summed E-state index contributed by atoms with van der Waals surface area (Å²) in [5.74, 6) is -0.807. The van der Waals surface area contributed by atoms with Crippen LogP contribution in [0.5, 0.6) is 5.75 Å². The summed E-state index contributed by atoms with van der Waals surface area (Å²) in [4.78, 5) is 28.5. The number of allylic oxidation sites excluding steroid dienone is 1. The number of hydrogen-bond acceptors (Lipinski definition) is 7. The van der Waals surface area contributed by atoms with E-state index >= 15 is 0 Å². The van der Waals surface area contributed by atoms with Gasteiger partial charge in [-0.25, -0.2) is 0 Å². The lowest BCUT2D eigenvalue weighted by Gasteiger charge is -2.28. The minimum atomic E-state index is -1.85. The number of fused-ring (bicyclic) bond motifs is 1. The number of rotatable bonds is 11. The molecule has 0 radical (unpaired) electrons. The van der Waals surface area contributed by atoms with Gasteiger partial charge in [-0.3, -0.25) is 18.8 Å². The van der Waals surface area contributed by atoms with E-state index in [2.05, 4.69) is 10.3 Å². The number of carbonyl (C=O) groups is 1. The van der Waals surface area contributed by atoms with E-state index in [1.165, 1.54) is 11.7 Å². The molecule has 10 nitrogen and oxygen atoms in total. The summed E-state index contributed by atoms with van der Waals surface area (Å²) in [6, 6.07) is 18.2. The first-order chi connectivity index (χ1) is 19.9. The van der Waals surface area contributed by atoms with E-state index in [1.807, 2.05) is 49.4 Å². The highest BCUT2D eigenvalue weighted by Gasteiger charge is 2.52. The zero-order valence-corrected chi connectivity index (χ0v) is 23.1. The number of hydrogen-bond donors (Lipinski definition) is 2. The highest BCUT2D eigenvalue weighted by Crippen LogP contribution is 2.46. The van der Waals surface area contributed by atoms with Crippen LogP contribution in [0, 0.1) is 5.92 Å². The van der Waals surface area contributed by atoms with Crippen molar-refractivity contribution in [2.45, 2.75) is 38.5 Å². The molecule has 41 heavy (non-hydrogen) atoms. The lowest BCUT2D eigenvalue weighted by atomic mass is 9.82. The molecule has 1 aliphatic heterocycles. The minimum absolute atomic E-state index is 0.0135. The van der Waals surface area contributed by atoms with E-state index in [9.17, 15) is 14.7 Å². The van der Waals surface area contributed by atoms with E-state index in [0.717, 1.165) is 11.3 Å². The summed E-state index contributed by atoms with van der Waals surface area (Å²) >= 11 is 0. The average Bonchev–Trinajstić information content (AvgIpc) is 3.52. The van der Waals surface area contributed by atoms with Crippen molar-refractivity contribution in [3.8, 4) is 11.4 Å². The number of benzene rings is 2. The molecule has 0 bridgehead atoms. The van der Waals surface area contributed by atoms with E-state index in [4.69, 9.17) is 9.84 Å². The van der Waals surface area contributed by atoms with Crippen LogP contribution in [0.15, 0.2) is 90.0 Å². The van der Waals surface area contributed by atoms with Gasteiger partial charge >= 0.3 is 0 Å². The van der Waals surface area contributed by atoms with E-state index < -0.39 is 17.4 Å². The molecule has 1 amide bonds. The van der Waals surface area contributed by atoms with Gasteiger partial charge in [0, 0.05) is 49.1 Å². The summed E-state index contributed by atoms with van der Waals surface area (Å²) in [7, 11) is 1.44. The van der Waals surface area contributed by atoms with Crippen LogP contribution >= 0.6 is 0 Å². The summed E-state index contributed by atoms with van der Waals surface area (Å²) in [5, 5.41) is 29.3. The first-order valence-electron chi connectivity index (χ1n) is 13.5. The fraction of sp³-hybridized carbons (Fsp3) is 0.290. The van der Waals surface area contributed by atoms with Crippen molar-refractivity contribution >= 4 is 11.6 Å². The molecular weight excluding hydrogens is 522 g/mol. The Labute approximate surface area is 237 Å². The molecule has 1 aliphatic rings. The number of anilines is 1. The number of methoxy groups -OCH3 is 1. The average molecular weight is 556 g/mol. The maximum absolute atomic E-state index is 14.0. The lowest BCUT2D eigenvalue weighted by molar-refractivity contribution is -0.139. The van der Waals surface area contributed by atoms with Crippen LogP contribution in [0.3, 0.4) is 0 Å². The van der Waals surface area contributed by atoms with Gasteiger partial charge < -0.3 is 19.8 Å². The maximum Gasteiger partial charge on any atom is 0.297 e. The van der Waals surface area contributed by atoms with Gasteiger partial charge in [-0.15, -0.1) is 5.10 Å². The summed E-state index contributed by atoms with van der Waals surface area (Å²) in [6.45, 7) is 2.68. The van der Waals surface area contributed by atoms with Gasteiger partial charge in [0.2, 0.25) is 0 Å². The van der Waals surface area contributed by atoms with Crippen LogP contribution in [0.4, 0.5) is 5.69 Å². The van der Waals surface area contributed by atoms with Crippen molar-refractivity contribution in [2.24, 2.45) is 5.92 Å². The number of aromatic nitrogens is 4. The van der Waals surface area contributed by atoms with Gasteiger partial charge in [0.15, 0.2) is 11.4 Å². The molecule has 0 unspecified atom stereocenters. The van der Waals surface area contributed by atoms with Crippen molar-refractivity contribution in [1.29, 1.82) is 0 Å². The molecule has 5 rings (SSSR count). The molecule has 0 spiro atoms. The van der Waals surface area contributed by atoms with E-state index in [0.29, 0.717) is 42.9 Å². The second-order valence-corrected chi connectivity index (χ2v) is 10.0. The van der Waals surface area contributed by atoms with Gasteiger partial charge in [-0.1, -0.05) is 54.6 Å². The number of aliphatic hydroxyl groups excluding tert-OH is 1. The van der Waals surface area contributed by atoms with Crippen LogP contribution in [0.2, 0.25) is 0 Å². The molecule has 2 N–H and O–H groups in total. The van der Waals surface area contributed by atoms with Crippen molar-refractivity contribution in [1.82, 2.24) is 19.6 Å². The van der Waals surface area contributed by atoms with E-state index in [-0.39, 0.29) is 17.9 Å². The van der Waals surface area contributed by atoms with Gasteiger partial charge in [0.1, 0.15) is 0 Å². The van der Waals surface area contributed by atoms with Gasteiger partial charge in [0.05, 0.1) is 25.0 Å². The summed E-state index contributed by atoms with van der Waals surface area (Å²) in [6.07, 6.45) is 8.23. The molecule has 0 fully saturated rings. The first-order valence-corrected chi connectivity index (χ1v) is 13.5. The minimum Gasteiger partial charge on any atom is -0.491 e. The molecule has 0 saturated carbocycles. The third-order valence-corrected chi connectivity index (χ3v) is 7.41. The standard InChI is InChI=1S/C31H33N5O5/c1-22(9-6-7-16-34-21-24(15-18-37)32-33-34)31(40)26-19-25(35-17-8-12-28(41-2)29(35)38)13-14-27(26)36(30(31)39)20-23-10-4-3-5-11-23/h3-6,8-14,17,19,21-22,37,40H,7,15-16,18,20H2,1-2H3/b9-6+/t22-,31+/m0/s1. The van der Waals surface area contributed by atoms with Crippen molar-refractivity contribution in [3.63, 3.8) is 0 Å². The molecular formula is C31H33N5O5. The molecule has 2 aromatic carbocycles. The number of ether oxygens (including phenoxy) is 1. The molecule has 0 saturated heterocycles. The predicted molar refractivity (Wildman–Crippen MR) is 154 cm³/mol. The molecule has 0 aliphatic carbocycles. The van der Waals surface area contributed by atoms with Crippen molar-refractivity contribution < 1.29 is 19.7 Å². The Hall–Kier alpha value is -4.54. The quantitative estimate of drug-likeness (QED) is 0.273. The summed E-state index contributed by atoms with van der Waals surface area (Å²) < 4.78 is 8.34. The van der Waals surface area contributed by atoms with Crippen LogP contribution < -0.4 is 15.2 Å². The smallest absolute Gasteiger partial charge is 0.297 e. The van der Waals surface area contributed by atoms with Crippen LogP contribution in [0.1, 0.15) is 30.2 Å². The summed E-state index contributed by atoms with van der Waals surface area (Å²) in [5.41, 5.74) is 1.01. The Bertz CT molecular complexity index is 1610. The second kappa shape index (κ2) is 11.9. The van der Waals surface area contributed by atoms with Crippen LogP contribution in [-0.4, -0.2) is 49.4 Å². The third kappa shape index (κ3) is 5.44. The Morgan fingerprint density at radius 1 is 1.10 bits per heavy atom. The molecule has 212 valence electrons. The van der Waals surface area contributed by atoms with Gasteiger partial charge in [0.25, 0.3) is 11.5 Å². The van der Waals surface area contributed by atoms with Crippen LogP contribution in [0.25, 0.3) is 5.69 Å². The Balaban J connectivity index is 1.47. The Morgan fingerprint density at radius 2 is 1.90 bits per heavy atom. The highest BCUT2D eigenvalue weighted by molar-refractivity contribution is 6.07. The number of nitrogens with zero attached hydrogens (tertiary/aromatic N) is 5. The fourth-order valence-electron chi connectivity index (χ4n) is 5.16. The number of aryl methyl sites for hydroxylation is 1. The largest absolute Gasteiger partial charge is 0.491 e. The van der Waals surface area contributed by atoms with E-state index in [1.54, 1.807) is 52.3 Å². The topological polar surface area (TPSA) is 123 Å². The normalized spacial score (nSPS) is 17.3. The van der Waals surface area contributed by atoms with Gasteiger partial charge in [-0.2, -0.15) is 0 Å². The van der Waals surface area contributed by atoms with Gasteiger partial charge in [-0.05, 0) is 42.3 Å². The maximum atomic E-state index is 14.0. The predicted octanol–water partition coefficient (Wildman–Crippen LogP) is 2.99. The molecule has 2 atom stereocenters. The molecule has 10 heteroatoms. The number of amides is 1. The second-order valence-electron chi connectivity index (χ2n) is 10.0. The zero-order valence-electron chi connectivity index (χ0n) is 23.1. The number of aliphatic hydroxyl groups is 2. The van der Waals surface area contributed by atoms with Crippen molar-refractivity contribution in [2.75, 3.05) is 18.6 Å². The number of pyridine rings is 1. The third-order valence-electron chi connectivity index (χ3n) is 7.41. The Morgan fingerprint density at radius 3 is 2.66 bits per heavy atom.